The van der Waals surface area contributed by atoms with Gasteiger partial charge in [0.15, 0.2) is 5.96 Å². The van der Waals surface area contributed by atoms with Crippen LogP contribution in [-0.2, 0) is 13.1 Å². The quantitative estimate of drug-likeness (QED) is 0.370. The highest BCUT2D eigenvalue weighted by Gasteiger charge is 2.18. The van der Waals surface area contributed by atoms with Gasteiger partial charge in [-0.25, -0.2) is 9.97 Å². The molecule has 2 N–H and O–H groups in total. The Morgan fingerprint density at radius 2 is 1.89 bits per heavy atom. The number of aromatic nitrogens is 2. The third-order valence-electron chi connectivity index (χ3n) is 4.82. The van der Waals surface area contributed by atoms with Crippen molar-refractivity contribution < 1.29 is 4.42 Å². The fourth-order valence-electron chi connectivity index (χ4n) is 3.04. The van der Waals surface area contributed by atoms with Gasteiger partial charge in [0, 0.05) is 51.5 Å². The lowest BCUT2D eigenvalue weighted by Crippen LogP contribution is -2.45. The summed E-state index contributed by atoms with van der Waals surface area (Å²) in [6.07, 6.45) is 1.86. The van der Waals surface area contributed by atoms with E-state index in [1.54, 1.807) is 7.05 Å². The van der Waals surface area contributed by atoms with Gasteiger partial charge in [-0.05, 0) is 27.0 Å². The van der Waals surface area contributed by atoms with E-state index in [0.29, 0.717) is 24.9 Å². The second-order valence-electron chi connectivity index (χ2n) is 6.80. The Balaban J connectivity index is 0.00000280. The molecule has 3 rings (SSSR count). The summed E-state index contributed by atoms with van der Waals surface area (Å²) in [7, 11) is 3.91. The van der Waals surface area contributed by atoms with E-state index in [1.165, 1.54) is 0 Å². The molecule has 0 saturated carbocycles. The molecule has 154 valence electrons. The molecule has 0 amide bonds. The largest absolute Gasteiger partial charge is 0.444 e. The van der Waals surface area contributed by atoms with Crippen LogP contribution < -0.4 is 15.5 Å². The maximum absolute atomic E-state index is 5.60. The molecule has 1 aliphatic rings. The summed E-state index contributed by atoms with van der Waals surface area (Å²) in [5.74, 6) is 3.26. The third-order valence-corrected chi connectivity index (χ3v) is 4.82. The minimum atomic E-state index is 0. The Morgan fingerprint density at radius 3 is 2.54 bits per heavy atom. The summed E-state index contributed by atoms with van der Waals surface area (Å²) < 4.78 is 5.60. The minimum Gasteiger partial charge on any atom is -0.444 e. The van der Waals surface area contributed by atoms with Crippen molar-refractivity contribution in [2.24, 2.45) is 4.99 Å². The number of aryl methyl sites for hydroxylation is 2. The van der Waals surface area contributed by atoms with Crippen molar-refractivity contribution in [2.75, 3.05) is 45.2 Å². The van der Waals surface area contributed by atoms with Crippen molar-refractivity contribution >= 4 is 35.8 Å². The van der Waals surface area contributed by atoms with Crippen molar-refractivity contribution in [3.8, 4) is 0 Å². The first-order valence-electron chi connectivity index (χ1n) is 9.31. The number of pyridine rings is 1. The maximum Gasteiger partial charge on any atom is 0.214 e. The molecule has 8 nitrogen and oxygen atoms in total. The molecule has 0 bridgehead atoms. The topological polar surface area (TPSA) is 81.8 Å². The first-order chi connectivity index (χ1) is 13.1. The van der Waals surface area contributed by atoms with Gasteiger partial charge in [0.25, 0.3) is 0 Å². The van der Waals surface area contributed by atoms with E-state index in [1.807, 2.05) is 26.1 Å². The number of nitrogens with one attached hydrogen (secondary N) is 2. The predicted molar refractivity (Wildman–Crippen MR) is 122 cm³/mol. The molecule has 2 aromatic rings. The molecule has 2 aromatic heterocycles. The number of anilines is 1. The highest BCUT2D eigenvalue weighted by Crippen LogP contribution is 2.18. The van der Waals surface area contributed by atoms with Crippen molar-refractivity contribution in [2.45, 2.75) is 26.9 Å². The zero-order valence-electron chi connectivity index (χ0n) is 17.0. The number of piperazine rings is 1. The van der Waals surface area contributed by atoms with Gasteiger partial charge >= 0.3 is 0 Å². The van der Waals surface area contributed by atoms with E-state index < -0.39 is 0 Å². The molecule has 3 heterocycles. The summed E-state index contributed by atoms with van der Waals surface area (Å²) in [6.45, 7) is 9.11. The lowest BCUT2D eigenvalue weighted by atomic mass is 10.2. The molecule has 9 heteroatoms. The van der Waals surface area contributed by atoms with Crippen LogP contribution in [0.15, 0.2) is 27.7 Å². The van der Waals surface area contributed by atoms with E-state index in [4.69, 9.17) is 4.42 Å². The average Bonchev–Trinajstić information content (AvgIpc) is 3.00. The Hall–Kier alpha value is -1.88. The second kappa shape index (κ2) is 10.6. The lowest BCUT2D eigenvalue weighted by molar-refractivity contribution is 0.312. The zero-order chi connectivity index (χ0) is 19.2. The van der Waals surface area contributed by atoms with Gasteiger partial charge in [-0.15, -0.1) is 24.0 Å². The molecule has 0 aromatic carbocycles. The van der Waals surface area contributed by atoms with Gasteiger partial charge in [-0.1, -0.05) is 6.07 Å². The third kappa shape index (κ3) is 5.81. The Morgan fingerprint density at radius 1 is 1.18 bits per heavy atom. The summed E-state index contributed by atoms with van der Waals surface area (Å²) in [5.41, 5.74) is 2.08. The summed E-state index contributed by atoms with van der Waals surface area (Å²) in [6, 6.07) is 4.09. The van der Waals surface area contributed by atoms with Gasteiger partial charge in [0.05, 0.1) is 12.2 Å². The molecule has 0 atom stereocenters. The molecule has 1 aliphatic heterocycles. The van der Waals surface area contributed by atoms with Crippen LogP contribution in [0.4, 0.5) is 5.82 Å². The number of rotatable bonds is 5. The number of likely N-dealkylation sites (N-methyl/N-ethyl adjacent to an activating group) is 1. The number of hydrogen-bond acceptors (Lipinski definition) is 6. The maximum atomic E-state index is 5.60. The van der Waals surface area contributed by atoms with E-state index >= 15 is 0 Å². The van der Waals surface area contributed by atoms with E-state index in [2.05, 4.69) is 48.5 Å². The molecule has 1 saturated heterocycles. The van der Waals surface area contributed by atoms with Crippen LogP contribution in [0.25, 0.3) is 0 Å². The van der Waals surface area contributed by atoms with Crippen LogP contribution in [0.1, 0.15) is 22.9 Å². The average molecular weight is 499 g/mol. The smallest absolute Gasteiger partial charge is 0.214 e. The predicted octanol–water partition coefficient (Wildman–Crippen LogP) is 1.92. The Labute approximate surface area is 183 Å². The number of halogens is 1. The molecule has 0 spiro atoms. The van der Waals surface area contributed by atoms with Crippen LogP contribution in [-0.4, -0.2) is 61.1 Å². The van der Waals surface area contributed by atoms with E-state index in [9.17, 15) is 0 Å². The number of aliphatic imine (C=N–C) groups is 1. The molecular formula is C19H30IN7O. The molecular weight excluding hydrogens is 469 g/mol. The zero-order valence-corrected chi connectivity index (χ0v) is 19.4. The van der Waals surface area contributed by atoms with Crippen LogP contribution >= 0.6 is 24.0 Å². The number of hydrogen-bond donors (Lipinski definition) is 2. The summed E-state index contributed by atoms with van der Waals surface area (Å²) >= 11 is 0. The van der Waals surface area contributed by atoms with Crippen molar-refractivity contribution in [1.29, 1.82) is 0 Å². The minimum absolute atomic E-state index is 0. The number of oxazole rings is 1. The normalized spacial score (nSPS) is 15.3. The molecule has 0 unspecified atom stereocenters. The van der Waals surface area contributed by atoms with Crippen molar-refractivity contribution in [3.63, 3.8) is 0 Å². The fraction of sp³-hybridized carbons (Fsp3) is 0.526. The Kier molecular flexibility index (Phi) is 8.49. The molecule has 1 fully saturated rings. The molecule has 28 heavy (non-hydrogen) atoms. The van der Waals surface area contributed by atoms with E-state index in [-0.39, 0.29) is 24.0 Å². The van der Waals surface area contributed by atoms with Gasteiger partial charge in [-0.2, -0.15) is 0 Å². The van der Waals surface area contributed by atoms with Gasteiger partial charge < -0.3 is 24.9 Å². The van der Waals surface area contributed by atoms with Crippen molar-refractivity contribution in [3.05, 3.63) is 41.2 Å². The lowest BCUT2D eigenvalue weighted by Gasteiger charge is -2.34. The van der Waals surface area contributed by atoms with Crippen LogP contribution in [0.3, 0.4) is 0 Å². The van der Waals surface area contributed by atoms with E-state index in [0.717, 1.165) is 49.0 Å². The highest BCUT2D eigenvalue weighted by atomic mass is 127. The van der Waals surface area contributed by atoms with Crippen molar-refractivity contribution in [1.82, 2.24) is 25.5 Å². The summed E-state index contributed by atoms with van der Waals surface area (Å²) in [4.78, 5) is 18.0. The van der Waals surface area contributed by atoms with Crippen LogP contribution in [0.2, 0.25) is 0 Å². The fourth-order valence-corrected chi connectivity index (χ4v) is 3.04. The van der Waals surface area contributed by atoms with Gasteiger partial charge in [-0.3, -0.25) is 4.99 Å². The van der Waals surface area contributed by atoms with Gasteiger partial charge in [0.2, 0.25) is 5.89 Å². The first kappa shape index (κ1) is 22.4. The number of guanidine groups is 1. The Bertz CT molecular complexity index is 765. The van der Waals surface area contributed by atoms with Gasteiger partial charge in [0.1, 0.15) is 11.6 Å². The molecule has 0 aliphatic carbocycles. The summed E-state index contributed by atoms with van der Waals surface area (Å²) in [5, 5.41) is 6.60. The van der Waals surface area contributed by atoms with Crippen LogP contribution in [0, 0.1) is 13.8 Å². The number of nitrogens with zero attached hydrogens (tertiary/aromatic N) is 5. The monoisotopic (exact) mass is 499 g/mol. The highest BCUT2D eigenvalue weighted by molar-refractivity contribution is 14.0. The second-order valence-corrected chi connectivity index (χ2v) is 6.80. The van der Waals surface area contributed by atoms with Crippen LogP contribution in [0.5, 0.6) is 0 Å². The first-order valence-corrected chi connectivity index (χ1v) is 9.31. The molecule has 0 radical (unpaired) electrons. The standard InChI is InChI=1S/C19H29N7O.HI/c1-14-15(2)27-17(24-14)13-23-19(20-3)22-12-16-6-5-7-21-18(16)26-10-8-25(4)9-11-26;/h5-7H,8-13H2,1-4H3,(H2,20,22,23);1H. The SMILES string of the molecule is CN=C(NCc1nc(C)c(C)o1)NCc1cccnc1N1CCN(C)CC1.I.